The maximum absolute atomic E-state index is 9.82. The van der Waals surface area contributed by atoms with Gasteiger partial charge in [0.2, 0.25) is 5.27 Å². The predicted molar refractivity (Wildman–Crippen MR) is 30.3 cm³/mol. The molecule has 0 heterocycles. The van der Waals surface area contributed by atoms with Crippen LogP contribution in [0.2, 0.25) is 0 Å². The van der Waals surface area contributed by atoms with Crippen molar-refractivity contribution in [3.05, 3.63) is 0 Å². The maximum atomic E-state index is 9.82. The van der Waals surface area contributed by atoms with E-state index >= 15 is 0 Å². The lowest BCUT2D eigenvalue weighted by Gasteiger charge is -1.63. The van der Waals surface area contributed by atoms with Crippen LogP contribution in [0.3, 0.4) is 0 Å². The second kappa shape index (κ2) is 3.67. The van der Waals surface area contributed by atoms with Crippen LogP contribution in [0, 0.1) is 0 Å². The second-order valence-corrected chi connectivity index (χ2v) is 2.77. The summed E-state index contributed by atoms with van der Waals surface area (Å²) in [5.41, 5.74) is 0. The molecule has 0 saturated heterocycles. The molecule has 0 aromatic rings. The molecule has 0 aliphatic rings. The quantitative estimate of drug-likeness (QED) is 0.515. The molecule has 0 spiro atoms. The molecule has 0 rings (SSSR count). The van der Waals surface area contributed by atoms with E-state index in [0.717, 1.165) is 0 Å². The molecule has 0 N–H and O–H groups in total. The van der Waals surface area contributed by atoms with Crippen LogP contribution in [0.5, 0.6) is 0 Å². The summed E-state index contributed by atoms with van der Waals surface area (Å²) < 4.78 is 3.01. The van der Waals surface area contributed by atoms with Gasteiger partial charge in [0, 0.05) is 11.8 Å². The molecule has 2 nitrogen and oxygen atoms in total. The van der Waals surface area contributed by atoms with Crippen molar-refractivity contribution in [2.75, 3.05) is 0 Å². The average Bonchev–Trinajstić information content (AvgIpc) is 1.35. The van der Waals surface area contributed by atoms with Crippen LogP contribution in [-0.4, -0.2) is 5.27 Å². The molecular weight excluding hydrogens is 139 g/mol. The molecule has 0 saturated carbocycles. The summed E-state index contributed by atoms with van der Waals surface area (Å²) in [6, 6.07) is 0. The van der Waals surface area contributed by atoms with Crippen molar-refractivity contribution in [1.29, 1.82) is 0 Å². The first-order valence-corrected chi connectivity index (χ1v) is 2.85. The largest absolute Gasteiger partial charge is 0.283 e. The lowest BCUT2D eigenvalue weighted by atomic mass is 11.8. The lowest BCUT2D eigenvalue weighted by Crippen LogP contribution is -1.48. The minimum atomic E-state index is -0.120. The van der Waals surface area contributed by atoms with Crippen molar-refractivity contribution in [3.63, 3.8) is 0 Å². The van der Waals surface area contributed by atoms with Gasteiger partial charge in [-0.05, 0) is 0 Å². The van der Waals surface area contributed by atoms with Crippen LogP contribution in [0.15, 0.2) is 4.26 Å². The van der Waals surface area contributed by atoms with E-state index in [9.17, 15) is 4.79 Å². The summed E-state index contributed by atoms with van der Waals surface area (Å²) in [7, 11) is 2.24. The van der Waals surface area contributed by atoms with E-state index in [1.165, 1.54) is 0 Å². The van der Waals surface area contributed by atoms with Crippen molar-refractivity contribution >= 4 is 34.7 Å². The Labute approximate surface area is 44.5 Å². The van der Waals surface area contributed by atoms with Gasteiger partial charge in [0.05, 0.1) is 0 Å². The maximum Gasteiger partial charge on any atom is 0.216 e. The Kier molecular flexibility index (Phi) is 3.97. The smallest absolute Gasteiger partial charge is 0.216 e. The number of halogens is 1. The molecule has 1 unspecified atom stereocenters. The Morgan fingerprint density at radius 2 is 2.50 bits per heavy atom. The molecule has 0 fully saturated rings. The molecule has 0 bridgehead atoms. The van der Waals surface area contributed by atoms with E-state index in [4.69, 9.17) is 11.8 Å². The van der Waals surface area contributed by atoms with Crippen LogP contribution in [0.25, 0.3) is 0 Å². The summed E-state index contributed by atoms with van der Waals surface area (Å²) >= 11 is 4.77. The van der Waals surface area contributed by atoms with Gasteiger partial charge in [0.1, 0.15) is 8.37 Å². The van der Waals surface area contributed by atoms with Crippen LogP contribution >= 0.6 is 29.4 Å². The lowest BCUT2D eigenvalue weighted by molar-refractivity contribution is 0.276. The molecule has 0 amide bonds. The molecular formula is CH2ClNOP2. The highest BCUT2D eigenvalue weighted by Gasteiger charge is 1.78. The van der Waals surface area contributed by atoms with Crippen LogP contribution in [-0.2, 0) is 0 Å². The molecule has 0 aliphatic heterocycles. The summed E-state index contributed by atoms with van der Waals surface area (Å²) in [6.45, 7) is 0. The molecule has 34 valence electrons. The zero-order valence-corrected chi connectivity index (χ0v) is 5.56. The van der Waals surface area contributed by atoms with Gasteiger partial charge in [-0.25, -0.2) is 0 Å². The predicted octanol–water partition coefficient (Wildman–Crippen LogP) is 2.27. The fourth-order valence-corrected chi connectivity index (χ4v) is 0.728. The topological polar surface area (TPSA) is 29.4 Å². The summed E-state index contributed by atoms with van der Waals surface area (Å²) in [6.07, 6.45) is 0. The monoisotopic (exact) mass is 141 g/mol. The van der Waals surface area contributed by atoms with E-state index in [-0.39, 0.29) is 5.27 Å². The molecule has 1 atom stereocenters. The van der Waals surface area contributed by atoms with E-state index in [1.54, 1.807) is 0 Å². The third-order valence-electron chi connectivity index (χ3n) is 0.136. The van der Waals surface area contributed by atoms with Gasteiger partial charge < -0.3 is 0 Å². The van der Waals surface area contributed by atoms with E-state index < -0.39 is 0 Å². The fraction of sp³-hybridized carbons (Fsp3) is 0. The Bertz CT molecular complexity index is 81.6. The number of carbonyl (C=O) groups is 1. The van der Waals surface area contributed by atoms with Crippen molar-refractivity contribution < 1.29 is 4.79 Å². The van der Waals surface area contributed by atoms with Crippen molar-refractivity contribution in [2.24, 2.45) is 4.26 Å². The average molecular weight is 141 g/mol. The van der Waals surface area contributed by atoms with Gasteiger partial charge in [-0.1, -0.05) is 9.24 Å². The molecule has 0 aromatic carbocycles. The Hall–Kier alpha value is 0.490. The first kappa shape index (κ1) is 6.49. The minimum Gasteiger partial charge on any atom is -0.283 e. The third-order valence-corrected chi connectivity index (χ3v) is 0.982. The molecule has 0 radical (unpaired) electrons. The molecule has 0 aromatic heterocycles. The van der Waals surface area contributed by atoms with Gasteiger partial charge in [0.25, 0.3) is 0 Å². The van der Waals surface area contributed by atoms with Crippen LogP contribution in [0.4, 0.5) is 4.79 Å². The first-order chi connectivity index (χ1) is 2.77. The summed E-state index contributed by atoms with van der Waals surface area (Å²) in [5.74, 6) is 0. The molecule has 0 aliphatic carbocycles. The zero-order valence-electron chi connectivity index (χ0n) is 2.76. The van der Waals surface area contributed by atoms with Crippen molar-refractivity contribution in [2.45, 2.75) is 0 Å². The van der Waals surface area contributed by atoms with Crippen LogP contribution in [0.1, 0.15) is 0 Å². The van der Waals surface area contributed by atoms with Crippen LogP contribution < -0.4 is 0 Å². The molecule has 5 heteroatoms. The zero-order chi connectivity index (χ0) is 4.99. The van der Waals surface area contributed by atoms with E-state index in [1.807, 2.05) is 9.24 Å². The van der Waals surface area contributed by atoms with Crippen molar-refractivity contribution in [3.8, 4) is 0 Å². The SMILES string of the molecule is O=C(P)P=NCl. The Morgan fingerprint density at radius 1 is 2.00 bits per heavy atom. The fourth-order valence-electron chi connectivity index (χ4n) is 0.0373. The van der Waals surface area contributed by atoms with Gasteiger partial charge in [-0.2, -0.15) is 4.26 Å². The highest BCUT2D eigenvalue weighted by Crippen LogP contribution is 2.09. The summed E-state index contributed by atoms with van der Waals surface area (Å²) in [4.78, 5) is 9.82. The Morgan fingerprint density at radius 3 is 2.50 bits per heavy atom. The number of hydrogen-bond donors (Lipinski definition) is 0. The number of hydrogen-bond acceptors (Lipinski definition) is 2. The third kappa shape index (κ3) is 4.49. The van der Waals surface area contributed by atoms with E-state index in [2.05, 4.69) is 4.26 Å². The van der Waals surface area contributed by atoms with E-state index in [0.29, 0.717) is 8.37 Å². The number of nitrogens with zero attached hydrogens (tertiary/aromatic N) is 1. The van der Waals surface area contributed by atoms with Gasteiger partial charge in [-0.3, -0.25) is 4.79 Å². The highest BCUT2D eigenvalue weighted by molar-refractivity contribution is 7.73. The normalized spacial score (nSPS) is 9.67. The van der Waals surface area contributed by atoms with Gasteiger partial charge in [0.15, 0.2) is 0 Å². The van der Waals surface area contributed by atoms with Gasteiger partial charge >= 0.3 is 0 Å². The first-order valence-electron chi connectivity index (χ1n) is 1.09. The highest BCUT2D eigenvalue weighted by atomic mass is 35.5. The second-order valence-electron chi connectivity index (χ2n) is 0.514. The van der Waals surface area contributed by atoms with Gasteiger partial charge in [-0.15, -0.1) is 0 Å². The molecule has 6 heavy (non-hydrogen) atoms. The minimum absolute atomic E-state index is 0.120. The Balaban J connectivity index is 3.30. The number of rotatable bonds is 1. The van der Waals surface area contributed by atoms with Crippen molar-refractivity contribution in [1.82, 2.24) is 0 Å². The number of carbonyl (C=O) groups excluding carboxylic acids is 1. The standard InChI is InChI=1S/CH2ClNOP2/c2-3-6-1(4)5/h5H2. The summed E-state index contributed by atoms with van der Waals surface area (Å²) in [5, 5.41) is -0.120.